The molecular formula is C46H51N11O5. The molecule has 1 unspecified atom stereocenters. The van der Waals surface area contributed by atoms with E-state index < -0.39 is 23.8 Å². The van der Waals surface area contributed by atoms with Gasteiger partial charge in [0.1, 0.15) is 35.4 Å². The van der Waals surface area contributed by atoms with Gasteiger partial charge in [0.25, 0.3) is 11.8 Å². The van der Waals surface area contributed by atoms with Crippen molar-refractivity contribution in [3.05, 3.63) is 90.3 Å². The molecule has 4 fully saturated rings. The summed E-state index contributed by atoms with van der Waals surface area (Å²) in [6.07, 6.45) is 6.04. The Hall–Kier alpha value is -6.23. The van der Waals surface area contributed by atoms with Crippen LogP contribution >= 0.6 is 0 Å². The lowest BCUT2D eigenvalue weighted by atomic mass is 9.90. The van der Waals surface area contributed by atoms with Gasteiger partial charge in [0.05, 0.1) is 28.2 Å². The van der Waals surface area contributed by atoms with Crippen molar-refractivity contribution in [2.24, 2.45) is 0 Å². The maximum absolute atomic E-state index is 13.7. The first-order valence-electron chi connectivity index (χ1n) is 21.9. The first kappa shape index (κ1) is 39.9. The van der Waals surface area contributed by atoms with Gasteiger partial charge in [-0.25, -0.2) is 14.6 Å². The molecule has 62 heavy (non-hydrogen) atoms. The van der Waals surface area contributed by atoms with Gasteiger partial charge in [-0.3, -0.25) is 44.1 Å². The highest BCUT2D eigenvalue weighted by Crippen LogP contribution is 2.38. The summed E-state index contributed by atoms with van der Waals surface area (Å²) in [7, 11) is 0. The fraction of sp³-hybridized carbons (Fsp3) is 0.413. The van der Waals surface area contributed by atoms with Gasteiger partial charge in [-0.2, -0.15) is 5.10 Å². The van der Waals surface area contributed by atoms with Gasteiger partial charge in [0.15, 0.2) is 5.65 Å². The summed E-state index contributed by atoms with van der Waals surface area (Å²) in [5.74, 6) is 0.0571. The van der Waals surface area contributed by atoms with E-state index in [1.54, 1.807) is 12.1 Å². The summed E-state index contributed by atoms with van der Waals surface area (Å²) >= 11 is 0. The number of nitrogens with one attached hydrogen (secondary N) is 1. The van der Waals surface area contributed by atoms with Gasteiger partial charge < -0.3 is 15.4 Å². The number of amides is 4. The van der Waals surface area contributed by atoms with Crippen molar-refractivity contribution in [1.82, 2.24) is 44.7 Å². The smallest absolute Gasteiger partial charge is 0.264 e. The van der Waals surface area contributed by atoms with E-state index in [0.29, 0.717) is 23.0 Å². The topological polar surface area (TPSA) is 175 Å². The Kier molecular flexibility index (Phi) is 10.9. The summed E-state index contributed by atoms with van der Waals surface area (Å²) in [4.78, 5) is 71.3. The van der Waals surface area contributed by atoms with Crippen LogP contribution < -0.4 is 20.7 Å². The monoisotopic (exact) mass is 837 g/mol. The van der Waals surface area contributed by atoms with Crippen molar-refractivity contribution >= 4 is 46.2 Å². The molecule has 5 aromatic rings. The minimum Gasteiger partial charge on any atom is -0.457 e. The molecule has 1 atom stereocenters. The summed E-state index contributed by atoms with van der Waals surface area (Å²) in [6, 6.07) is 22.8. The largest absolute Gasteiger partial charge is 0.457 e. The molecule has 10 rings (SSSR count). The number of aromatic nitrogens is 4. The number of fused-ring (bicyclic) bond motifs is 2. The SMILES string of the molecule is Nc1ncnc2c1c(-c1ccc(Oc3ccccc3)cc1)nn2C1CCC(N2CCN(CCN3CCN(c4cccc5c4C(=O)N(C4CCC(=O)NC4=O)C5=O)CC3)CC2)CC1. The number of hydrogen-bond acceptors (Lipinski definition) is 13. The minimum absolute atomic E-state index is 0.0975. The van der Waals surface area contributed by atoms with E-state index in [4.69, 9.17) is 15.6 Å². The lowest BCUT2D eigenvalue weighted by Crippen LogP contribution is -2.54. The number of anilines is 2. The van der Waals surface area contributed by atoms with Crippen LogP contribution in [0.15, 0.2) is 79.1 Å². The van der Waals surface area contributed by atoms with E-state index in [1.807, 2.05) is 60.7 Å². The molecule has 3 saturated heterocycles. The lowest BCUT2D eigenvalue weighted by Gasteiger charge is -2.43. The van der Waals surface area contributed by atoms with Gasteiger partial charge in [-0.05, 0) is 80.6 Å². The highest BCUT2D eigenvalue weighted by atomic mass is 16.5. The molecule has 4 aliphatic heterocycles. The number of nitrogen functional groups attached to an aromatic ring is 1. The van der Waals surface area contributed by atoms with Crippen LogP contribution in [0.5, 0.6) is 11.5 Å². The Morgan fingerprint density at radius 3 is 2.08 bits per heavy atom. The number of para-hydroxylation sites is 1. The van der Waals surface area contributed by atoms with Crippen LogP contribution in [0.25, 0.3) is 22.3 Å². The van der Waals surface area contributed by atoms with Crippen molar-refractivity contribution in [3.8, 4) is 22.8 Å². The highest BCUT2D eigenvalue weighted by molar-refractivity contribution is 6.25. The molecule has 0 spiro atoms. The summed E-state index contributed by atoms with van der Waals surface area (Å²) in [5.41, 5.74) is 10.4. The molecule has 0 bridgehead atoms. The van der Waals surface area contributed by atoms with E-state index in [0.717, 1.165) is 136 Å². The molecule has 16 heteroatoms. The van der Waals surface area contributed by atoms with Crippen molar-refractivity contribution in [1.29, 1.82) is 0 Å². The fourth-order valence-corrected chi connectivity index (χ4v) is 10.0. The first-order chi connectivity index (χ1) is 30.3. The number of benzene rings is 3. The molecule has 16 nitrogen and oxygen atoms in total. The first-order valence-corrected chi connectivity index (χ1v) is 21.9. The molecule has 2 aromatic heterocycles. The summed E-state index contributed by atoms with van der Waals surface area (Å²) in [6.45, 7) is 9.40. The van der Waals surface area contributed by atoms with E-state index in [-0.39, 0.29) is 24.8 Å². The van der Waals surface area contributed by atoms with Gasteiger partial charge in [-0.15, -0.1) is 0 Å². The van der Waals surface area contributed by atoms with Gasteiger partial charge in [0.2, 0.25) is 11.8 Å². The quantitative estimate of drug-likeness (QED) is 0.192. The van der Waals surface area contributed by atoms with Crippen molar-refractivity contribution < 1.29 is 23.9 Å². The van der Waals surface area contributed by atoms with Crippen LogP contribution in [-0.2, 0) is 9.59 Å². The number of piperazine rings is 2. The Morgan fingerprint density at radius 2 is 1.37 bits per heavy atom. The maximum atomic E-state index is 13.7. The fourth-order valence-electron chi connectivity index (χ4n) is 10.0. The number of piperidine rings is 1. The third-order valence-corrected chi connectivity index (χ3v) is 13.5. The second kappa shape index (κ2) is 16.9. The Labute approximate surface area is 359 Å². The molecule has 320 valence electrons. The van der Waals surface area contributed by atoms with E-state index in [1.165, 1.54) is 6.33 Å². The van der Waals surface area contributed by atoms with Crippen molar-refractivity contribution in [2.75, 3.05) is 76.1 Å². The summed E-state index contributed by atoms with van der Waals surface area (Å²) in [5, 5.41) is 8.21. The van der Waals surface area contributed by atoms with Crippen LogP contribution in [0.4, 0.5) is 11.5 Å². The molecule has 1 saturated carbocycles. The van der Waals surface area contributed by atoms with Crippen LogP contribution in [0, 0.1) is 0 Å². The van der Waals surface area contributed by atoms with Crippen LogP contribution in [-0.4, -0.2) is 141 Å². The van der Waals surface area contributed by atoms with Gasteiger partial charge >= 0.3 is 0 Å². The average Bonchev–Trinajstić information content (AvgIpc) is 3.82. The molecular weight excluding hydrogens is 787 g/mol. The second-order valence-electron chi connectivity index (χ2n) is 17.0. The molecule has 3 aromatic carbocycles. The number of hydrogen-bond donors (Lipinski definition) is 2. The molecule has 6 heterocycles. The molecule has 5 aliphatic rings. The number of carbonyl (C=O) groups excluding carboxylic acids is 4. The van der Waals surface area contributed by atoms with Crippen molar-refractivity contribution in [2.45, 2.75) is 56.7 Å². The maximum Gasteiger partial charge on any atom is 0.264 e. The second-order valence-corrected chi connectivity index (χ2v) is 17.0. The number of nitrogens with two attached hydrogens (primary N) is 1. The van der Waals surface area contributed by atoms with Crippen LogP contribution in [0.3, 0.4) is 0 Å². The Balaban J connectivity index is 0.696. The molecule has 4 amide bonds. The van der Waals surface area contributed by atoms with Crippen molar-refractivity contribution in [3.63, 3.8) is 0 Å². The molecule has 0 radical (unpaired) electrons. The zero-order valence-corrected chi connectivity index (χ0v) is 34.7. The van der Waals surface area contributed by atoms with E-state index >= 15 is 0 Å². The summed E-state index contributed by atoms with van der Waals surface area (Å²) < 4.78 is 8.11. The average molecular weight is 838 g/mol. The number of imide groups is 2. The number of ether oxygens (including phenoxy) is 1. The highest BCUT2D eigenvalue weighted by Gasteiger charge is 2.46. The molecule has 1 aliphatic carbocycles. The number of rotatable bonds is 10. The number of nitrogens with zero attached hydrogens (tertiary/aromatic N) is 9. The normalized spacial score (nSPS) is 22.9. The Morgan fingerprint density at radius 1 is 0.694 bits per heavy atom. The van der Waals surface area contributed by atoms with Gasteiger partial charge in [-0.1, -0.05) is 24.3 Å². The minimum atomic E-state index is -0.973. The standard InChI is InChI=1S/C46H51N11O5/c47-42-40-41(30-9-15-34(16-10-30)62-33-5-2-1-3-6-33)51-57(43(40)49-29-48-42)32-13-11-31(12-14-32)54-25-21-52(22-26-54)19-20-53-23-27-55(28-24-53)36-8-4-7-35-39(36)46(61)56(45(35)60)37-17-18-38(58)50-44(37)59/h1-10,15-16,29,31-32,37H,11-14,17-28H2,(H2,47,48,49)(H,50,58,59). The zero-order chi connectivity index (χ0) is 42.3. The molecule has 3 N–H and O–H groups in total. The van der Waals surface area contributed by atoms with Crippen LogP contribution in [0.2, 0.25) is 0 Å². The Bertz CT molecular complexity index is 2490. The van der Waals surface area contributed by atoms with E-state index in [9.17, 15) is 19.2 Å². The predicted molar refractivity (Wildman–Crippen MR) is 233 cm³/mol. The third kappa shape index (κ3) is 7.66. The van der Waals surface area contributed by atoms with Crippen LogP contribution in [0.1, 0.15) is 65.3 Å². The zero-order valence-electron chi connectivity index (χ0n) is 34.7. The van der Waals surface area contributed by atoms with E-state index in [2.05, 4.69) is 39.6 Å². The number of carbonyl (C=O) groups is 4. The van der Waals surface area contributed by atoms with Gasteiger partial charge in [0, 0.05) is 83.5 Å². The predicted octanol–water partition coefficient (Wildman–Crippen LogP) is 4.19. The lowest BCUT2D eigenvalue weighted by molar-refractivity contribution is -0.136. The third-order valence-electron chi connectivity index (χ3n) is 13.5.